The molecule has 0 amide bonds. The lowest BCUT2D eigenvalue weighted by atomic mass is 10.0. The molecule has 0 spiro atoms. The fraction of sp³-hybridized carbons (Fsp3) is 0.385. The van der Waals surface area contributed by atoms with Crippen LogP contribution in [-0.4, -0.2) is 6.54 Å². The summed E-state index contributed by atoms with van der Waals surface area (Å²) < 4.78 is 14.0. The van der Waals surface area contributed by atoms with E-state index in [1.807, 2.05) is 19.9 Å². The minimum Gasteiger partial charge on any atom is -0.310 e. The molecular formula is C13H17BrFN. The predicted molar refractivity (Wildman–Crippen MR) is 69.9 cm³/mol. The third-order valence-electron chi connectivity index (χ3n) is 2.36. The van der Waals surface area contributed by atoms with Gasteiger partial charge < -0.3 is 5.32 Å². The molecule has 1 aromatic carbocycles. The summed E-state index contributed by atoms with van der Waals surface area (Å²) in [6.07, 6.45) is 0.815. The van der Waals surface area contributed by atoms with E-state index in [0.29, 0.717) is 4.47 Å². The Bertz CT molecular complexity index is 376. The molecule has 0 aromatic heterocycles. The van der Waals surface area contributed by atoms with Crippen LogP contribution in [0.1, 0.15) is 31.9 Å². The van der Waals surface area contributed by atoms with Crippen molar-refractivity contribution in [3.63, 3.8) is 0 Å². The second kappa shape index (κ2) is 6.16. The molecule has 3 heteroatoms. The van der Waals surface area contributed by atoms with E-state index in [4.69, 9.17) is 0 Å². The Balaban J connectivity index is 3.00. The molecule has 0 aliphatic rings. The average molecular weight is 286 g/mol. The normalized spacial score (nSPS) is 12.5. The Morgan fingerprint density at radius 3 is 2.81 bits per heavy atom. The van der Waals surface area contributed by atoms with Gasteiger partial charge in [-0.25, -0.2) is 4.39 Å². The monoisotopic (exact) mass is 285 g/mol. The number of nitrogens with one attached hydrogen (secondary N) is 1. The van der Waals surface area contributed by atoms with E-state index < -0.39 is 0 Å². The number of benzene rings is 1. The van der Waals surface area contributed by atoms with Crippen LogP contribution in [0.2, 0.25) is 0 Å². The van der Waals surface area contributed by atoms with Crippen molar-refractivity contribution < 1.29 is 4.39 Å². The molecule has 0 fully saturated rings. The van der Waals surface area contributed by atoms with Gasteiger partial charge in [0, 0.05) is 6.04 Å². The van der Waals surface area contributed by atoms with Crippen LogP contribution in [-0.2, 0) is 0 Å². The van der Waals surface area contributed by atoms with Crippen LogP contribution in [0.3, 0.4) is 0 Å². The highest BCUT2D eigenvalue weighted by Gasteiger charge is 2.15. The van der Waals surface area contributed by atoms with Gasteiger partial charge in [-0.1, -0.05) is 24.6 Å². The summed E-state index contributed by atoms with van der Waals surface area (Å²) >= 11 is 3.30. The van der Waals surface area contributed by atoms with Crippen molar-refractivity contribution in [3.8, 4) is 0 Å². The molecule has 0 saturated carbocycles. The van der Waals surface area contributed by atoms with Crippen LogP contribution in [0.25, 0.3) is 0 Å². The summed E-state index contributed by atoms with van der Waals surface area (Å²) in [6.45, 7) is 8.78. The van der Waals surface area contributed by atoms with Gasteiger partial charge in [-0.15, -0.1) is 6.58 Å². The van der Waals surface area contributed by atoms with Crippen molar-refractivity contribution in [3.05, 3.63) is 46.2 Å². The molecule has 1 atom stereocenters. The lowest BCUT2D eigenvalue weighted by Gasteiger charge is -2.20. The van der Waals surface area contributed by atoms with E-state index in [1.165, 1.54) is 6.07 Å². The molecule has 0 heterocycles. The number of hydrogen-bond acceptors (Lipinski definition) is 1. The first-order valence-electron chi connectivity index (χ1n) is 5.38. The zero-order chi connectivity index (χ0) is 12.1. The van der Waals surface area contributed by atoms with E-state index in [9.17, 15) is 4.39 Å². The number of halogens is 2. The fourth-order valence-corrected chi connectivity index (χ4v) is 2.22. The molecule has 0 bridgehead atoms. The highest BCUT2D eigenvalue weighted by Crippen LogP contribution is 2.29. The van der Waals surface area contributed by atoms with Crippen molar-refractivity contribution >= 4 is 15.9 Å². The number of rotatable bonds is 5. The van der Waals surface area contributed by atoms with E-state index in [2.05, 4.69) is 27.8 Å². The number of hydrogen-bond donors (Lipinski definition) is 1. The Morgan fingerprint density at radius 2 is 2.25 bits per heavy atom. The lowest BCUT2D eigenvalue weighted by Crippen LogP contribution is -2.21. The van der Waals surface area contributed by atoms with E-state index in [0.717, 1.165) is 24.1 Å². The Labute approximate surface area is 105 Å². The summed E-state index contributed by atoms with van der Waals surface area (Å²) in [6, 6.07) is 5.24. The van der Waals surface area contributed by atoms with Gasteiger partial charge in [-0.05, 0) is 47.4 Å². The van der Waals surface area contributed by atoms with Gasteiger partial charge in [0.05, 0.1) is 4.47 Å². The topological polar surface area (TPSA) is 12.0 Å². The van der Waals surface area contributed by atoms with Gasteiger partial charge in [-0.3, -0.25) is 0 Å². The highest BCUT2D eigenvalue weighted by atomic mass is 79.9. The van der Waals surface area contributed by atoms with Gasteiger partial charge in [0.15, 0.2) is 0 Å². The second-order valence-corrected chi connectivity index (χ2v) is 4.71. The van der Waals surface area contributed by atoms with E-state index >= 15 is 0 Å². The molecule has 88 valence electrons. The molecule has 0 radical (unpaired) electrons. The predicted octanol–water partition coefficient (Wildman–Crippen LogP) is 4.21. The van der Waals surface area contributed by atoms with E-state index in [1.54, 1.807) is 6.07 Å². The van der Waals surface area contributed by atoms with Crippen LogP contribution in [0.15, 0.2) is 34.8 Å². The second-order valence-electron chi connectivity index (χ2n) is 3.91. The van der Waals surface area contributed by atoms with Gasteiger partial charge in [0.2, 0.25) is 0 Å². The molecular weight excluding hydrogens is 269 g/mol. The van der Waals surface area contributed by atoms with E-state index in [-0.39, 0.29) is 11.9 Å². The molecule has 0 aliphatic heterocycles. The molecule has 0 aliphatic carbocycles. The van der Waals surface area contributed by atoms with Crippen molar-refractivity contribution in [2.45, 2.75) is 26.3 Å². The minimum absolute atomic E-state index is 0.118. The zero-order valence-corrected chi connectivity index (χ0v) is 11.3. The summed E-state index contributed by atoms with van der Waals surface area (Å²) in [5, 5.41) is 3.34. The average Bonchev–Trinajstić information content (AvgIpc) is 2.21. The summed E-state index contributed by atoms with van der Waals surface area (Å²) in [7, 11) is 0. The highest BCUT2D eigenvalue weighted by molar-refractivity contribution is 9.10. The molecule has 1 N–H and O–H groups in total. The molecule has 1 unspecified atom stereocenters. The van der Waals surface area contributed by atoms with Gasteiger partial charge >= 0.3 is 0 Å². The summed E-state index contributed by atoms with van der Waals surface area (Å²) in [4.78, 5) is 0. The van der Waals surface area contributed by atoms with Crippen LogP contribution in [0, 0.1) is 5.82 Å². The SMILES string of the molecule is C=C(C)CC(NCC)c1cccc(F)c1Br. The fourth-order valence-electron chi connectivity index (χ4n) is 1.68. The summed E-state index contributed by atoms with van der Waals surface area (Å²) in [5.74, 6) is -0.220. The van der Waals surface area contributed by atoms with Gasteiger partial charge in [0.1, 0.15) is 5.82 Å². The first kappa shape index (κ1) is 13.4. The van der Waals surface area contributed by atoms with Crippen LogP contribution in [0.5, 0.6) is 0 Å². The maximum atomic E-state index is 13.4. The standard InChI is InChI=1S/C13H17BrFN/c1-4-16-12(8-9(2)3)10-6-5-7-11(15)13(10)14/h5-7,12,16H,2,4,8H2,1,3H3. The molecule has 16 heavy (non-hydrogen) atoms. The lowest BCUT2D eigenvalue weighted by molar-refractivity contribution is 0.537. The van der Waals surface area contributed by atoms with Crippen LogP contribution in [0.4, 0.5) is 4.39 Å². The quantitative estimate of drug-likeness (QED) is 0.800. The van der Waals surface area contributed by atoms with Gasteiger partial charge in [-0.2, -0.15) is 0 Å². The van der Waals surface area contributed by atoms with Crippen molar-refractivity contribution in [1.29, 1.82) is 0 Å². The largest absolute Gasteiger partial charge is 0.310 e. The maximum absolute atomic E-state index is 13.4. The van der Waals surface area contributed by atoms with Crippen LogP contribution < -0.4 is 5.32 Å². The zero-order valence-electron chi connectivity index (χ0n) is 9.69. The molecule has 1 aromatic rings. The third kappa shape index (κ3) is 3.42. The smallest absolute Gasteiger partial charge is 0.137 e. The van der Waals surface area contributed by atoms with Gasteiger partial charge in [0.25, 0.3) is 0 Å². The van der Waals surface area contributed by atoms with Crippen molar-refractivity contribution in [1.82, 2.24) is 5.32 Å². The summed E-state index contributed by atoms with van der Waals surface area (Å²) in [5.41, 5.74) is 2.03. The first-order chi connectivity index (χ1) is 7.56. The Hall–Kier alpha value is -0.670. The van der Waals surface area contributed by atoms with Crippen molar-refractivity contribution in [2.75, 3.05) is 6.54 Å². The third-order valence-corrected chi connectivity index (χ3v) is 3.20. The minimum atomic E-state index is -0.220. The maximum Gasteiger partial charge on any atom is 0.137 e. The Morgan fingerprint density at radius 1 is 1.56 bits per heavy atom. The molecule has 0 saturated heterocycles. The molecule has 1 rings (SSSR count). The van der Waals surface area contributed by atoms with Crippen LogP contribution >= 0.6 is 15.9 Å². The molecule has 1 nitrogen and oxygen atoms in total. The first-order valence-corrected chi connectivity index (χ1v) is 6.17. The van der Waals surface area contributed by atoms with Crippen molar-refractivity contribution in [2.24, 2.45) is 0 Å². The Kier molecular flexibility index (Phi) is 5.16.